The number of aromatic nitrogens is 2. The van der Waals surface area contributed by atoms with Crippen molar-refractivity contribution in [3.63, 3.8) is 0 Å². The molecule has 4 rings (SSSR count). The number of carbonyl (C=O) groups excluding carboxylic acids is 1. The molecule has 0 spiro atoms. The van der Waals surface area contributed by atoms with E-state index in [1.165, 1.54) is 13.4 Å². The summed E-state index contributed by atoms with van der Waals surface area (Å²) in [7, 11) is -0.252. The smallest absolute Gasteiger partial charge is 0.328 e. The van der Waals surface area contributed by atoms with E-state index in [0.29, 0.717) is 22.6 Å². The predicted molar refractivity (Wildman–Crippen MR) is 110 cm³/mol. The van der Waals surface area contributed by atoms with E-state index in [1.807, 2.05) is 0 Å². The minimum atomic E-state index is -3.58. The van der Waals surface area contributed by atoms with Crippen molar-refractivity contribution in [2.24, 2.45) is 14.1 Å². The zero-order chi connectivity index (χ0) is 20.9. The van der Waals surface area contributed by atoms with Gasteiger partial charge in [-0.25, -0.2) is 13.2 Å². The standard InChI is InChI=1S/C19H20N4O5S/c1-21-13-9-8-12(10-15(13)22(2)19(21)25)20-18(24)17-11-23(29(3,26)27)14-6-4-5-7-16(14)28-17/h4-10,17H,11H2,1-3H3,(H,20,24)/t17-/m1/s1. The number of fused-ring (bicyclic) bond motifs is 2. The van der Waals surface area contributed by atoms with Crippen LogP contribution in [0, 0.1) is 0 Å². The molecule has 1 atom stereocenters. The first-order chi connectivity index (χ1) is 13.7. The molecule has 1 aliphatic heterocycles. The molecule has 2 heterocycles. The van der Waals surface area contributed by atoms with Gasteiger partial charge in [0.25, 0.3) is 5.91 Å². The van der Waals surface area contributed by atoms with Gasteiger partial charge in [0.2, 0.25) is 10.0 Å². The molecule has 1 aliphatic rings. The van der Waals surface area contributed by atoms with Crippen LogP contribution in [-0.4, -0.2) is 42.4 Å². The van der Waals surface area contributed by atoms with Crippen LogP contribution in [0.1, 0.15) is 0 Å². The fourth-order valence-corrected chi connectivity index (χ4v) is 4.37. The number of anilines is 2. The molecule has 0 aliphatic carbocycles. The van der Waals surface area contributed by atoms with Crippen LogP contribution >= 0.6 is 0 Å². The third-order valence-corrected chi connectivity index (χ3v) is 6.11. The number of benzene rings is 2. The van der Waals surface area contributed by atoms with Gasteiger partial charge in [-0.05, 0) is 30.3 Å². The molecular weight excluding hydrogens is 396 g/mol. The Kier molecular flexibility index (Phi) is 4.38. The lowest BCUT2D eigenvalue weighted by molar-refractivity contribution is -0.122. The molecule has 1 N–H and O–H groups in total. The molecule has 0 unspecified atom stereocenters. The van der Waals surface area contributed by atoms with Crippen LogP contribution in [0.15, 0.2) is 47.3 Å². The number of imidazole rings is 1. The largest absolute Gasteiger partial charge is 0.476 e. The second kappa shape index (κ2) is 6.66. The van der Waals surface area contributed by atoms with Crippen molar-refractivity contribution in [3.05, 3.63) is 52.9 Å². The monoisotopic (exact) mass is 416 g/mol. The molecule has 152 valence electrons. The molecule has 0 saturated heterocycles. The van der Waals surface area contributed by atoms with Crippen molar-refractivity contribution in [1.82, 2.24) is 9.13 Å². The first kappa shape index (κ1) is 19.1. The number of nitrogens with zero attached hydrogens (tertiary/aromatic N) is 3. The van der Waals surface area contributed by atoms with Crippen molar-refractivity contribution in [2.45, 2.75) is 6.10 Å². The topological polar surface area (TPSA) is 103 Å². The average Bonchev–Trinajstić information content (AvgIpc) is 2.90. The summed E-state index contributed by atoms with van der Waals surface area (Å²) in [5.74, 6) is -0.154. The Hall–Kier alpha value is -3.27. The minimum absolute atomic E-state index is 0.131. The summed E-state index contributed by atoms with van der Waals surface area (Å²) in [5, 5.41) is 2.75. The van der Waals surface area contributed by atoms with E-state index >= 15 is 0 Å². The molecule has 29 heavy (non-hydrogen) atoms. The summed E-state index contributed by atoms with van der Waals surface area (Å²) in [6.45, 7) is -0.131. The Morgan fingerprint density at radius 3 is 2.52 bits per heavy atom. The average molecular weight is 416 g/mol. The lowest BCUT2D eigenvalue weighted by Crippen LogP contribution is -2.48. The van der Waals surface area contributed by atoms with Gasteiger partial charge in [0.05, 0.1) is 29.5 Å². The third-order valence-electron chi connectivity index (χ3n) is 4.97. The van der Waals surface area contributed by atoms with Crippen LogP contribution < -0.4 is 20.0 Å². The summed E-state index contributed by atoms with van der Waals surface area (Å²) >= 11 is 0. The van der Waals surface area contributed by atoms with Gasteiger partial charge in [-0.3, -0.25) is 18.2 Å². The Morgan fingerprint density at radius 2 is 1.79 bits per heavy atom. The van der Waals surface area contributed by atoms with E-state index in [-0.39, 0.29) is 12.2 Å². The minimum Gasteiger partial charge on any atom is -0.476 e. The van der Waals surface area contributed by atoms with Crippen LogP contribution in [0.4, 0.5) is 11.4 Å². The van der Waals surface area contributed by atoms with E-state index in [1.54, 1.807) is 56.6 Å². The number of amides is 1. The maximum atomic E-state index is 12.8. The highest BCUT2D eigenvalue weighted by Gasteiger charge is 2.34. The summed E-state index contributed by atoms with van der Waals surface area (Å²) in [6, 6.07) is 11.8. The molecule has 0 bridgehead atoms. The van der Waals surface area contributed by atoms with Crippen molar-refractivity contribution in [3.8, 4) is 5.75 Å². The summed E-state index contributed by atoms with van der Waals surface area (Å²) in [6.07, 6.45) is 0.0726. The highest BCUT2D eigenvalue weighted by molar-refractivity contribution is 7.92. The van der Waals surface area contributed by atoms with Crippen molar-refractivity contribution >= 4 is 38.3 Å². The number of aryl methyl sites for hydroxylation is 2. The fraction of sp³-hybridized carbons (Fsp3) is 0.263. The summed E-state index contributed by atoms with van der Waals surface area (Å²) < 4.78 is 34.3. The van der Waals surface area contributed by atoms with E-state index in [0.717, 1.165) is 11.8 Å². The molecule has 3 aromatic rings. The maximum absolute atomic E-state index is 12.8. The number of carbonyl (C=O) groups is 1. The number of para-hydroxylation sites is 2. The van der Waals surface area contributed by atoms with Crippen molar-refractivity contribution < 1.29 is 17.9 Å². The predicted octanol–water partition coefficient (Wildman–Crippen LogP) is 1.04. The number of sulfonamides is 1. The summed E-state index contributed by atoms with van der Waals surface area (Å²) in [5.41, 5.74) is 2.13. The first-order valence-corrected chi connectivity index (χ1v) is 10.7. The van der Waals surface area contributed by atoms with Gasteiger partial charge >= 0.3 is 5.69 Å². The Bertz CT molecular complexity index is 1290. The van der Waals surface area contributed by atoms with E-state index in [9.17, 15) is 18.0 Å². The van der Waals surface area contributed by atoms with Gasteiger partial charge < -0.3 is 10.1 Å². The highest BCUT2D eigenvalue weighted by Crippen LogP contribution is 2.34. The number of ether oxygens (including phenoxy) is 1. The van der Waals surface area contributed by atoms with Gasteiger partial charge in [-0.1, -0.05) is 12.1 Å². The Morgan fingerprint density at radius 1 is 1.10 bits per heavy atom. The van der Waals surface area contributed by atoms with Crippen LogP contribution in [0.3, 0.4) is 0 Å². The van der Waals surface area contributed by atoms with E-state index in [2.05, 4.69) is 5.32 Å². The molecule has 1 amide bonds. The Labute approximate surface area is 167 Å². The maximum Gasteiger partial charge on any atom is 0.328 e. The number of nitrogens with one attached hydrogen (secondary N) is 1. The quantitative estimate of drug-likeness (QED) is 0.687. The molecule has 0 saturated carbocycles. The van der Waals surface area contributed by atoms with Gasteiger partial charge in [0.15, 0.2) is 6.10 Å². The van der Waals surface area contributed by atoms with Gasteiger partial charge in [-0.15, -0.1) is 0 Å². The third kappa shape index (κ3) is 3.25. The second-order valence-corrected chi connectivity index (χ2v) is 8.87. The van der Waals surface area contributed by atoms with Crippen LogP contribution in [-0.2, 0) is 28.9 Å². The number of hydrogen-bond acceptors (Lipinski definition) is 5. The molecule has 9 nitrogen and oxygen atoms in total. The number of hydrogen-bond donors (Lipinski definition) is 1. The highest BCUT2D eigenvalue weighted by atomic mass is 32.2. The van der Waals surface area contributed by atoms with Crippen molar-refractivity contribution in [2.75, 3.05) is 22.4 Å². The molecule has 0 fully saturated rings. The Balaban J connectivity index is 1.63. The molecular formula is C19H20N4O5S. The van der Waals surface area contributed by atoms with Crippen LogP contribution in [0.2, 0.25) is 0 Å². The van der Waals surface area contributed by atoms with Gasteiger partial charge in [0.1, 0.15) is 5.75 Å². The van der Waals surface area contributed by atoms with E-state index in [4.69, 9.17) is 4.74 Å². The van der Waals surface area contributed by atoms with Crippen molar-refractivity contribution in [1.29, 1.82) is 0 Å². The van der Waals surface area contributed by atoms with Gasteiger partial charge in [-0.2, -0.15) is 0 Å². The van der Waals surface area contributed by atoms with E-state index < -0.39 is 22.0 Å². The fourth-order valence-electron chi connectivity index (χ4n) is 3.46. The van der Waals surface area contributed by atoms with Crippen LogP contribution in [0.25, 0.3) is 11.0 Å². The molecule has 0 radical (unpaired) electrons. The lowest BCUT2D eigenvalue weighted by Gasteiger charge is -2.33. The SMILES string of the molecule is Cn1c(=O)n(C)c2cc(NC(=O)[C@H]3CN(S(C)(=O)=O)c4ccccc4O3)ccc21. The lowest BCUT2D eigenvalue weighted by atomic mass is 10.2. The molecule has 1 aromatic heterocycles. The molecule has 10 heteroatoms. The zero-order valence-corrected chi connectivity index (χ0v) is 16.9. The van der Waals surface area contributed by atoms with Crippen LogP contribution in [0.5, 0.6) is 5.75 Å². The first-order valence-electron chi connectivity index (χ1n) is 8.86. The molecule has 2 aromatic carbocycles. The number of rotatable bonds is 3. The normalized spacial score (nSPS) is 16.4. The zero-order valence-electron chi connectivity index (χ0n) is 16.1. The second-order valence-electron chi connectivity index (χ2n) is 6.96. The summed E-state index contributed by atoms with van der Waals surface area (Å²) in [4.78, 5) is 24.9. The van der Waals surface area contributed by atoms with Gasteiger partial charge in [0, 0.05) is 19.8 Å².